The number of isocyanates is 1. The molecule has 1 unspecified atom stereocenters. The number of ether oxygens (including phenoxy) is 1. The standard InChI is InChI=1S/C20H20N2O6S/c23-14-22-17-7-3-15(4-8-17)20(25)16-5-9-18(10-6-16)28-12-1-2-19(24)21-11-13-29(26)27/h3-10H,1-2,11-13H2,(H,21,24)(H,26,27). The Morgan fingerprint density at radius 2 is 1.69 bits per heavy atom. The first kappa shape index (κ1) is 22.2. The van der Waals surface area contributed by atoms with Crippen LogP contribution in [-0.2, 0) is 20.7 Å². The van der Waals surface area contributed by atoms with E-state index >= 15 is 0 Å². The molecular weight excluding hydrogens is 396 g/mol. The second kappa shape index (κ2) is 11.7. The van der Waals surface area contributed by atoms with Crippen molar-refractivity contribution in [2.75, 3.05) is 18.9 Å². The molecule has 1 amide bonds. The van der Waals surface area contributed by atoms with Gasteiger partial charge in [0.1, 0.15) is 5.75 Å². The van der Waals surface area contributed by atoms with Crippen molar-refractivity contribution in [1.82, 2.24) is 5.32 Å². The number of amides is 1. The summed E-state index contributed by atoms with van der Waals surface area (Å²) in [6, 6.07) is 13.0. The van der Waals surface area contributed by atoms with Crippen LogP contribution in [0.2, 0.25) is 0 Å². The van der Waals surface area contributed by atoms with Gasteiger partial charge in [-0.25, -0.2) is 9.00 Å². The number of benzene rings is 2. The molecule has 2 rings (SSSR count). The van der Waals surface area contributed by atoms with Gasteiger partial charge in [-0.05, 0) is 55.0 Å². The fraction of sp³-hybridized carbons (Fsp3) is 0.250. The number of aliphatic imine (C=N–C) groups is 1. The molecule has 29 heavy (non-hydrogen) atoms. The van der Waals surface area contributed by atoms with E-state index in [4.69, 9.17) is 9.29 Å². The highest BCUT2D eigenvalue weighted by Gasteiger charge is 2.09. The summed E-state index contributed by atoms with van der Waals surface area (Å²) in [4.78, 5) is 37.7. The van der Waals surface area contributed by atoms with Crippen LogP contribution < -0.4 is 10.1 Å². The van der Waals surface area contributed by atoms with Crippen molar-refractivity contribution in [2.45, 2.75) is 12.8 Å². The Morgan fingerprint density at radius 1 is 1.07 bits per heavy atom. The van der Waals surface area contributed by atoms with E-state index in [1.54, 1.807) is 48.5 Å². The molecule has 0 radical (unpaired) electrons. The van der Waals surface area contributed by atoms with E-state index in [1.165, 1.54) is 6.08 Å². The molecule has 0 aliphatic rings. The first-order valence-electron chi connectivity index (χ1n) is 8.79. The average molecular weight is 416 g/mol. The fourth-order valence-corrected chi connectivity index (χ4v) is 2.67. The summed E-state index contributed by atoms with van der Waals surface area (Å²) in [7, 11) is 0. The van der Waals surface area contributed by atoms with Crippen molar-refractivity contribution in [3.8, 4) is 5.75 Å². The van der Waals surface area contributed by atoms with Crippen molar-refractivity contribution in [2.24, 2.45) is 4.99 Å². The maximum atomic E-state index is 12.5. The Hall–Kier alpha value is -3.13. The number of carbonyl (C=O) groups excluding carboxylic acids is 3. The Balaban J connectivity index is 1.78. The van der Waals surface area contributed by atoms with Gasteiger partial charge >= 0.3 is 0 Å². The summed E-state index contributed by atoms with van der Waals surface area (Å²) in [6.45, 7) is 0.483. The van der Waals surface area contributed by atoms with Crippen molar-refractivity contribution < 1.29 is 27.9 Å². The summed E-state index contributed by atoms with van der Waals surface area (Å²) in [6.07, 6.45) is 2.18. The first-order chi connectivity index (χ1) is 14.0. The quantitative estimate of drug-likeness (QED) is 0.191. The van der Waals surface area contributed by atoms with Crippen molar-refractivity contribution in [3.05, 3.63) is 59.7 Å². The molecule has 0 saturated heterocycles. The maximum absolute atomic E-state index is 12.5. The van der Waals surface area contributed by atoms with Crippen LogP contribution >= 0.6 is 0 Å². The Morgan fingerprint density at radius 3 is 2.28 bits per heavy atom. The van der Waals surface area contributed by atoms with Crippen LogP contribution in [0.1, 0.15) is 28.8 Å². The van der Waals surface area contributed by atoms with Crippen molar-refractivity contribution >= 4 is 34.5 Å². The van der Waals surface area contributed by atoms with E-state index in [0.717, 1.165) is 0 Å². The van der Waals surface area contributed by atoms with Gasteiger partial charge in [-0.1, -0.05) is 0 Å². The molecule has 0 aliphatic carbocycles. The molecular formula is C20H20N2O6S. The smallest absolute Gasteiger partial charge is 0.240 e. The van der Waals surface area contributed by atoms with Gasteiger partial charge in [-0.2, -0.15) is 4.99 Å². The second-order valence-electron chi connectivity index (χ2n) is 5.93. The van der Waals surface area contributed by atoms with Gasteiger partial charge in [0.2, 0.25) is 12.0 Å². The van der Waals surface area contributed by atoms with Gasteiger partial charge in [0.25, 0.3) is 0 Å². The molecule has 8 nitrogen and oxygen atoms in total. The minimum Gasteiger partial charge on any atom is -0.494 e. The van der Waals surface area contributed by atoms with Gasteiger partial charge in [-0.3, -0.25) is 9.59 Å². The topological polar surface area (TPSA) is 122 Å². The Kier molecular flexibility index (Phi) is 8.91. The minimum absolute atomic E-state index is 0.00410. The zero-order valence-electron chi connectivity index (χ0n) is 15.5. The molecule has 0 aliphatic heterocycles. The summed E-state index contributed by atoms with van der Waals surface area (Å²) >= 11 is -1.92. The van der Waals surface area contributed by atoms with E-state index in [2.05, 4.69) is 10.3 Å². The largest absolute Gasteiger partial charge is 0.494 e. The summed E-state index contributed by atoms with van der Waals surface area (Å²) < 4.78 is 24.7. The zero-order valence-corrected chi connectivity index (χ0v) is 16.3. The number of hydrogen-bond acceptors (Lipinski definition) is 6. The zero-order chi connectivity index (χ0) is 21.1. The third-order valence-corrected chi connectivity index (χ3v) is 4.39. The number of nitrogens with zero attached hydrogens (tertiary/aromatic N) is 1. The Labute approximate surface area is 170 Å². The first-order valence-corrected chi connectivity index (χ1v) is 10.1. The van der Waals surface area contributed by atoms with Crippen LogP contribution in [-0.4, -0.2) is 45.4 Å². The average Bonchev–Trinajstić information content (AvgIpc) is 2.72. The predicted molar refractivity (Wildman–Crippen MR) is 107 cm³/mol. The van der Waals surface area contributed by atoms with Gasteiger partial charge in [0, 0.05) is 24.1 Å². The van der Waals surface area contributed by atoms with E-state index in [0.29, 0.717) is 35.6 Å². The molecule has 2 aromatic carbocycles. The van der Waals surface area contributed by atoms with Crippen molar-refractivity contribution in [1.29, 1.82) is 0 Å². The fourth-order valence-electron chi connectivity index (χ4n) is 2.40. The number of hydrogen-bond donors (Lipinski definition) is 2. The van der Waals surface area contributed by atoms with Crippen LogP contribution in [0.3, 0.4) is 0 Å². The van der Waals surface area contributed by atoms with Crippen LogP contribution in [0.15, 0.2) is 53.5 Å². The molecule has 0 heterocycles. The lowest BCUT2D eigenvalue weighted by atomic mass is 10.0. The highest BCUT2D eigenvalue weighted by Crippen LogP contribution is 2.18. The van der Waals surface area contributed by atoms with Gasteiger partial charge in [0.15, 0.2) is 16.9 Å². The summed E-state index contributed by atoms with van der Waals surface area (Å²) in [5.41, 5.74) is 1.39. The molecule has 0 fully saturated rings. The number of rotatable bonds is 11. The number of carbonyl (C=O) groups is 2. The monoisotopic (exact) mass is 416 g/mol. The lowest BCUT2D eigenvalue weighted by molar-refractivity contribution is -0.121. The lowest BCUT2D eigenvalue weighted by Crippen LogP contribution is -2.27. The second-order valence-corrected chi connectivity index (χ2v) is 6.98. The van der Waals surface area contributed by atoms with Crippen LogP contribution in [0.5, 0.6) is 5.75 Å². The van der Waals surface area contributed by atoms with Gasteiger partial charge in [-0.15, -0.1) is 0 Å². The molecule has 0 aromatic heterocycles. The predicted octanol–water partition coefficient (Wildman–Crippen LogP) is 2.38. The van der Waals surface area contributed by atoms with Gasteiger partial charge in [0.05, 0.1) is 18.0 Å². The maximum Gasteiger partial charge on any atom is 0.240 e. The minimum atomic E-state index is -1.92. The van der Waals surface area contributed by atoms with Gasteiger partial charge < -0.3 is 14.6 Å². The highest BCUT2D eigenvalue weighted by molar-refractivity contribution is 7.79. The summed E-state index contributed by atoms with van der Waals surface area (Å²) in [5.74, 6) is 0.209. The van der Waals surface area contributed by atoms with Crippen LogP contribution in [0.4, 0.5) is 5.69 Å². The third kappa shape index (κ3) is 7.79. The van der Waals surface area contributed by atoms with Crippen LogP contribution in [0, 0.1) is 0 Å². The van der Waals surface area contributed by atoms with E-state index in [-0.39, 0.29) is 30.4 Å². The number of ketones is 1. The third-order valence-electron chi connectivity index (χ3n) is 3.84. The van der Waals surface area contributed by atoms with Crippen molar-refractivity contribution in [3.63, 3.8) is 0 Å². The van der Waals surface area contributed by atoms with Crippen LogP contribution in [0.25, 0.3) is 0 Å². The molecule has 0 bridgehead atoms. The molecule has 0 saturated carbocycles. The highest BCUT2D eigenvalue weighted by atomic mass is 32.2. The number of nitrogens with one attached hydrogen (secondary N) is 1. The SMILES string of the molecule is O=C=Nc1ccc(C(=O)c2ccc(OCCCC(=O)NCCS(=O)O)cc2)cc1. The Bertz CT molecular complexity index is 906. The molecule has 2 N–H and O–H groups in total. The molecule has 9 heteroatoms. The molecule has 0 spiro atoms. The summed E-state index contributed by atoms with van der Waals surface area (Å²) in [5, 5.41) is 2.55. The molecule has 2 aromatic rings. The molecule has 152 valence electrons. The van der Waals surface area contributed by atoms with E-state index in [1.807, 2.05) is 0 Å². The van der Waals surface area contributed by atoms with E-state index in [9.17, 15) is 18.6 Å². The van der Waals surface area contributed by atoms with E-state index < -0.39 is 11.1 Å². The lowest BCUT2D eigenvalue weighted by Gasteiger charge is -2.08. The molecule has 1 atom stereocenters. The normalized spacial score (nSPS) is 11.2.